The van der Waals surface area contributed by atoms with Crippen molar-refractivity contribution in [3.05, 3.63) is 64.7 Å². The molecule has 7 heteroatoms. The second kappa shape index (κ2) is 10.4. The number of carbonyl (C=O) groups is 2. The zero-order chi connectivity index (χ0) is 20.6. The van der Waals surface area contributed by atoms with E-state index in [0.717, 1.165) is 31.6 Å². The molecule has 29 heavy (non-hydrogen) atoms. The third-order valence-electron chi connectivity index (χ3n) is 4.89. The first kappa shape index (κ1) is 21.3. The maximum atomic E-state index is 12.0. The number of ether oxygens (including phenoxy) is 1. The van der Waals surface area contributed by atoms with Gasteiger partial charge in [0, 0.05) is 36.9 Å². The first-order valence-corrected chi connectivity index (χ1v) is 10.1. The number of hydrogen-bond donors (Lipinski definition) is 2. The van der Waals surface area contributed by atoms with Gasteiger partial charge in [-0.1, -0.05) is 48.0 Å². The van der Waals surface area contributed by atoms with Crippen LogP contribution in [0.5, 0.6) is 0 Å². The first-order valence-electron chi connectivity index (χ1n) is 9.77. The Morgan fingerprint density at radius 2 is 1.97 bits per heavy atom. The fourth-order valence-corrected chi connectivity index (χ4v) is 3.40. The molecule has 2 N–H and O–H groups in total. The molecule has 1 aliphatic heterocycles. The van der Waals surface area contributed by atoms with Crippen molar-refractivity contribution in [1.82, 2.24) is 10.2 Å². The third-order valence-corrected chi connectivity index (χ3v) is 5.30. The number of hydrogen-bond acceptors (Lipinski definition) is 4. The molecule has 0 bridgehead atoms. The molecule has 0 saturated carbocycles. The van der Waals surface area contributed by atoms with E-state index in [1.165, 1.54) is 5.56 Å². The van der Waals surface area contributed by atoms with E-state index in [1.807, 2.05) is 25.1 Å². The average molecular weight is 416 g/mol. The Bertz CT molecular complexity index is 844. The standard InChI is InChI=1S/C22H26ClN3O3/c1-16-8-9-18(14-19(16)23)25-22(28)21(27)24-10-5-11-26-12-13-29-20(15-26)17-6-3-2-4-7-17/h2-4,6-9,14,20H,5,10-13,15H2,1H3,(H,24,27)(H,25,28). The van der Waals surface area contributed by atoms with E-state index in [0.29, 0.717) is 23.9 Å². The maximum Gasteiger partial charge on any atom is 0.313 e. The predicted molar refractivity (Wildman–Crippen MR) is 114 cm³/mol. The van der Waals surface area contributed by atoms with Crippen LogP contribution in [-0.4, -0.2) is 49.5 Å². The Hall–Kier alpha value is -2.41. The van der Waals surface area contributed by atoms with E-state index in [9.17, 15) is 9.59 Å². The fraction of sp³-hybridized carbons (Fsp3) is 0.364. The largest absolute Gasteiger partial charge is 0.371 e. The highest BCUT2D eigenvalue weighted by Gasteiger charge is 2.21. The Morgan fingerprint density at radius 1 is 1.17 bits per heavy atom. The minimum Gasteiger partial charge on any atom is -0.371 e. The zero-order valence-corrected chi connectivity index (χ0v) is 17.2. The molecule has 154 valence electrons. The number of nitrogens with zero attached hydrogens (tertiary/aromatic N) is 1. The molecule has 2 aromatic rings. The van der Waals surface area contributed by atoms with E-state index in [4.69, 9.17) is 16.3 Å². The molecule has 6 nitrogen and oxygen atoms in total. The quantitative estimate of drug-likeness (QED) is 0.561. The van der Waals surface area contributed by atoms with Gasteiger partial charge in [0.25, 0.3) is 0 Å². The van der Waals surface area contributed by atoms with Crippen LogP contribution in [0.2, 0.25) is 5.02 Å². The summed E-state index contributed by atoms with van der Waals surface area (Å²) in [4.78, 5) is 26.3. The first-order chi connectivity index (χ1) is 14.0. The molecular weight excluding hydrogens is 390 g/mol. The molecule has 0 aromatic heterocycles. The normalized spacial score (nSPS) is 17.0. The molecule has 3 rings (SSSR count). The van der Waals surface area contributed by atoms with Gasteiger partial charge in [-0.3, -0.25) is 14.5 Å². The lowest BCUT2D eigenvalue weighted by Gasteiger charge is -2.33. The van der Waals surface area contributed by atoms with Crippen molar-refractivity contribution in [1.29, 1.82) is 0 Å². The molecule has 1 fully saturated rings. The van der Waals surface area contributed by atoms with Gasteiger partial charge < -0.3 is 15.4 Å². The van der Waals surface area contributed by atoms with Crippen LogP contribution in [0.4, 0.5) is 5.69 Å². The van der Waals surface area contributed by atoms with Crippen LogP contribution in [0.1, 0.15) is 23.7 Å². The fourth-order valence-electron chi connectivity index (χ4n) is 3.22. The molecule has 1 unspecified atom stereocenters. The summed E-state index contributed by atoms with van der Waals surface area (Å²) in [5, 5.41) is 5.77. The highest BCUT2D eigenvalue weighted by molar-refractivity contribution is 6.39. The molecule has 0 aliphatic carbocycles. The van der Waals surface area contributed by atoms with Crippen molar-refractivity contribution >= 4 is 29.1 Å². The lowest BCUT2D eigenvalue weighted by atomic mass is 10.1. The van der Waals surface area contributed by atoms with Crippen molar-refractivity contribution in [2.24, 2.45) is 0 Å². The highest BCUT2D eigenvalue weighted by Crippen LogP contribution is 2.22. The zero-order valence-electron chi connectivity index (χ0n) is 16.5. The summed E-state index contributed by atoms with van der Waals surface area (Å²) in [6, 6.07) is 15.3. The van der Waals surface area contributed by atoms with Gasteiger partial charge >= 0.3 is 11.8 Å². The number of nitrogens with one attached hydrogen (secondary N) is 2. The van der Waals surface area contributed by atoms with Crippen LogP contribution in [0.15, 0.2) is 48.5 Å². The van der Waals surface area contributed by atoms with Crippen molar-refractivity contribution in [3.63, 3.8) is 0 Å². The van der Waals surface area contributed by atoms with Crippen LogP contribution >= 0.6 is 11.6 Å². The number of carbonyl (C=O) groups excluding carboxylic acids is 2. The van der Waals surface area contributed by atoms with E-state index < -0.39 is 11.8 Å². The number of aryl methyl sites for hydroxylation is 1. The smallest absolute Gasteiger partial charge is 0.313 e. The number of anilines is 1. The Kier molecular flexibility index (Phi) is 7.63. The molecule has 1 aliphatic rings. The molecule has 2 aromatic carbocycles. The second-order valence-corrected chi connectivity index (χ2v) is 7.51. The number of halogens is 1. The van der Waals surface area contributed by atoms with Crippen LogP contribution in [0.25, 0.3) is 0 Å². The summed E-state index contributed by atoms with van der Waals surface area (Å²) < 4.78 is 5.87. The van der Waals surface area contributed by atoms with Crippen molar-refractivity contribution in [2.45, 2.75) is 19.4 Å². The van der Waals surface area contributed by atoms with Gasteiger partial charge in [-0.2, -0.15) is 0 Å². The summed E-state index contributed by atoms with van der Waals surface area (Å²) >= 11 is 6.04. The van der Waals surface area contributed by atoms with Gasteiger partial charge in [0.05, 0.1) is 12.7 Å². The van der Waals surface area contributed by atoms with Crippen molar-refractivity contribution in [3.8, 4) is 0 Å². The summed E-state index contributed by atoms with van der Waals surface area (Å²) in [5.74, 6) is -1.34. The third kappa shape index (κ3) is 6.29. The molecule has 1 heterocycles. The van der Waals surface area contributed by atoms with Crippen LogP contribution in [0.3, 0.4) is 0 Å². The molecule has 1 atom stereocenters. The Balaban J connectivity index is 1.37. The van der Waals surface area contributed by atoms with Gasteiger partial charge in [-0.25, -0.2) is 0 Å². The highest BCUT2D eigenvalue weighted by atomic mass is 35.5. The molecular formula is C22H26ClN3O3. The average Bonchev–Trinajstić information content (AvgIpc) is 2.74. The van der Waals surface area contributed by atoms with Gasteiger partial charge in [0.2, 0.25) is 0 Å². The van der Waals surface area contributed by atoms with Gasteiger partial charge in [0.1, 0.15) is 0 Å². The lowest BCUT2D eigenvalue weighted by molar-refractivity contribution is -0.136. The molecule has 2 amide bonds. The summed E-state index contributed by atoms with van der Waals surface area (Å²) in [7, 11) is 0. The minimum absolute atomic E-state index is 0.0756. The van der Waals surface area contributed by atoms with E-state index in [2.05, 4.69) is 27.7 Å². The lowest BCUT2D eigenvalue weighted by Crippen LogP contribution is -2.41. The Labute approximate surface area is 176 Å². The minimum atomic E-state index is -0.694. The molecule has 1 saturated heterocycles. The topological polar surface area (TPSA) is 70.7 Å². The van der Waals surface area contributed by atoms with E-state index in [-0.39, 0.29) is 6.10 Å². The van der Waals surface area contributed by atoms with Crippen LogP contribution in [0, 0.1) is 6.92 Å². The van der Waals surface area contributed by atoms with E-state index >= 15 is 0 Å². The van der Waals surface area contributed by atoms with E-state index in [1.54, 1.807) is 18.2 Å². The van der Waals surface area contributed by atoms with Crippen LogP contribution in [-0.2, 0) is 14.3 Å². The van der Waals surface area contributed by atoms with Gasteiger partial charge in [-0.05, 0) is 36.6 Å². The van der Waals surface area contributed by atoms with Gasteiger partial charge in [-0.15, -0.1) is 0 Å². The van der Waals surface area contributed by atoms with Crippen molar-refractivity contribution in [2.75, 3.05) is 38.1 Å². The second-order valence-electron chi connectivity index (χ2n) is 7.10. The number of rotatable bonds is 6. The summed E-state index contributed by atoms with van der Waals surface area (Å²) in [6.45, 7) is 5.53. The molecule has 0 radical (unpaired) electrons. The maximum absolute atomic E-state index is 12.0. The SMILES string of the molecule is Cc1ccc(NC(=O)C(=O)NCCCN2CCOC(c3ccccc3)C2)cc1Cl. The monoisotopic (exact) mass is 415 g/mol. The predicted octanol–water partition coefficient (Wildman–Crippen LogP) is 3.17. The summed E-state index contributed by atoms with van der Waals surface area (Å²) in [6.07, 6.45) is 0.836. The number of benzene rings is 2. The van der Waals surface area contributed by atoms with Crippen molar-refractivity contribution < 1.29 is 14.3 Å². The van der Waals surface area contributed by atoms with Crippen LogP contribution < -0.4 is 10.6 Å². The number of amides is 2. The Morgan fingerprint density at radius 3 is 2.72 bits per heavy atom. The summed E-state index contributed by atoms with van der Waals surface area (Å²) in [5.41, 5.74) is 2.59. The molecule has 0 spiro atoms. The number of morpholine rings is 1. The van der Waals surface area contributed by atoms with Gasteiger partial charge in [0.15, 0.2) is 0 Å².